The van der Waals surface area contributed by atoms with Gasteiger partial charge in [0.1, 0.15) is 5.25 Å². The molecule has 3 N–H and O–H groups in total. The zero-order chi connectivity index (χ0) is 21.3. The number of carboxylic acids is 1. The number of hydrogen-bond acceptors (Lipinski definition) is 6. The maximum absolute atomic E-state index is 12.9. The van der Waals surface area contributed by atoms with Gasteiger partial charge in [-0.2, -0.15) is 0 Å². The molecular formula is C21H19N3O4S2. The monoisotopic (exact) mass is 441 g/mol. The number of aliphatic carboxylic acids is 1. The average molecular weight is 442 g/mol. The second kappa shape index (κ2) is 10.6. The molecule has 0 aliphatic carbocycles. The molecule has 0 aliphatic rings. The Hall–Kier alpha value is -3.17. The molecule has 154 valence electrons. The molecule has 9 heteroatoms. The van der Waals surface area contributed by atoms with E-state index >= 15 is 0 Å². The van der Waals surface area contributed by atoms with Crippen molar-refractivity contribution < 1.29 is 19.5 Å². The number of nitrogens with one attached hydrogen (secondary N) is 2. The molecule has 1 atom stereocenters. The first kappa shape index (κ1) is 21.5. The van der Waals surface area contributed by atoms with Crippen molar-refractivity contribution in [2.45, 2.75) is 23.0 Å². The number of thioether (sulfide) groups is 1. The molecule has 0 spiro atoms. The molecule has 0 aliphatic heterocycles. The molecule has 0 fully saturated rings. The van der Waals surface area contributed by atoms with Crippen molar-refractivity contribution in [3.05, 3.63) is 71.7 Å². The number of nitrogens with zero attached hydrogens (tertiary/aromatic N) is 1. The Morgan fingerprint density at radius 3 is 2.53 bits per heavy atom. The second-order valence-electron chi connectivity index (χ2n) is 6.20. The summed E-state index contributed by atoms with van der Waals surface area (Å²) in [5.41, 5.74) is 1.38. The number of carbonyl (C=O) groups is 3. The predicted molar refractivity (Wildman–Crippen MR) is 118 cm³/mol. The third kappa shape index (κ3) is 6.43. The van der Waals surface area contributed by atoms with Crippen LogP contribution >= 0.6 is 23.1 Å². The van der Waals surface area contributed by atoms with Gasteiger partial charge in [-0.05, 0) is 23.8 Å². The van der Waals surface area contributed by atoms with Gasteiger partial charge in [0.05, 0.1) is 6.42 Å². The van der Waals surface area contributed by atoms with Gasteiger partial charge in [-0.15, -0.1) is 23.1 Å². The van der Waals surface area contributed by atoms with Crippen LogP contribution in [0.1, 0.15) is 23.7 Å². The lowest BCUT2D eigenvalue weighted by atomic mass is 10.1. The van der Waals surface area contributed by atoms with Gasteiger partial charge in [-0.3, -0.25) is 14.4 Å². The maximum Gasteiger partial charge on any atom is 0.303 e. The van der Waals surface area contributed by atoms with Crippen molar-refractivity contribution in [3.63, 3.8) is 0 Å². The molecule has 1 aromatic heterocycles. The van der Waals surface area contributed by atoms with E-state index in [-0.39, 0.29) is 24.7 Å². The summed E-state index contributed by atoms with van der Waals surface area (Å²) in [5, 5.41) is 16.0. The molecule has 2 amide bonds. The number of anilines is 2. The molecular weight excluding hydrogens is 422 g/mol. The molecule has 0 saturated heterocycles. The predicted octanol–water partition coefficient (Wildman–Crippen LogP) is 4.42. The largest absolute Gasteiger partial charge is 0.481 e. The van der Waals surface area contributed by atoms with Crippen LogP contribution in [0, 0.1) is 0 Å². The fraction of sp³-hybridized carbons (Fsp3) is 0.143. The van der Waals surface area contributed by atoms with Crippen molar-refractivity contribution in [2.75, 3.05) is 10.6 Å². The lowest BCUT2D eigenvalue weighted by Gasteiger charge is -2.17. The van der Waals surface area contributed by atoms with Crippen LogP contribution in [0.25, 0.3) is 0 Å². The van der Waals surface area contributed by atoms with Crippen LogP contribution in [0.5, 0.6) is 0 Å². The standard InChI is InChI=1S/C21H19N3O4S2/c25-17(9-10-18(26)27)23-15-7-4-8-16(13-15)30-19(14-5-2-1-3-6-14)20(28)24-21-22-11-12-29-21/h1-8,11-13,19H,9-10H2,(H,23,25)(H,26,27)(H,22,24,28). The summed E-state index contributed by atoms with van der Waals surface area (Å²) < 4.78 is 0. The third-order valence-corrected chi connectivity index (χ3v) is 5.88. The van der Waals surface area contributed by atoms with Gasteiger partial charge in [0.2, 0.25) is 11.8 Å². The zero-order valence-corrected chi connectivity index (χ0v) is 17.4. The van der Waals surface area contributed by atoms with E-state index in [0.29, 0.717) is 10.8 Å². The summed E-state index contributed by atoms with van der Waals surface area (Å²) in [5.74, 6) is -1.59. The number of hydrogen-bond donors (Lipinski definition) is 3. The molecule has 0 radical (unpaired) electrons. The van der Waals surface area contributed by atoms with E-state index in [1.807, 2.05) is 36.4 Å². The smallest absolute Gasteiger partial charge is 0.303 e. The maximum atomic E-state index is 12.9. The molecule has 1 heterocycles. The Bertz CT molecular complexity index is 1010. The van der Waals surface area contributed by atoms with Gasteiger partial charge in [0.15, 0.2) is 5.13 Å². The lowest BCUT2D eigenvalue weighted by molar-refractivity contribution is -0.138. The minimum Gasteiger partial charge on any atom is -0.481 e. The summed E-state index contributed by atoms with van der Waals surface area (Å²) in [6, 6.07) is 16.5. The van der Waals surface area contributed by atoms with Crippen LogP contribution in [0.2, 0.25) is 0 Å². The Morgan fingerprint density at radius 1 is 1.03 bits per heavy atom. The highest BCUT2D eigenvalue weighted by molar-refractivity contribution is 8.00. The highest BCUT2D eigenvalue weighted by atomic mass is 32.2. The Balaban J connectivity index is 1.75. The number of amides is 2. The first-order valence-corrected chi connectivity index (χ1v) is 10.8. The van der Waals surface area contributed by atoms with Gasteiger partial charge in [-0.25, -0.2) is 4.98 Å². The summed E-state index contributed by atoms with van der Waals surface area (Å²) >= 11 is 2.70. The fourth-order valence-corrected chi connectivity index (χ4v) is 4.20. The summed E-state index contributed by atoms with van der Waals surface area (Å²) in [6.07, 6.45) is 1.30. The van der Waals surface area contributed by atoms with Crippen LogP contribution in [-0.4, -0.2) is 27.9 Å². The van der Waals surface area contributed by atoms with E-state index in [1.54, 1.807) is 29.8 Å². The van der Waals surface area contributed by atoms with E-state index in [1.165, 1.54) is 23.1 Å². The highest BCUT2D eigenvalue weighted by Crippen LogP contribution is 2.37. The van der Waals surface area contributed by atoms with Crippen LogP contribution in [0.3, 0.4) is 0 Å². The molecule has 1 unspecified atom stereocenters. The zero-order valence-electron chi connectivity index (χ0n) is 15.8. The summed E-state index contributed by atoms with van der Waals surface area (Å²) in [7, 11) is 0. The quantitative estimate of drug-likeness (QED) is 0.424. The molecule has 2 aromatic carbocycles. The van der Waals surface area contributed by atoms with Gasteiger partial charge >= 0.3 is 5.97 Å². The van der Waals surface area contributed by atoms with Crippen molar-refractivity contribution in [3.8, 4) is 0 Å². The van der Waals surface area contributed by atoms with E-state index < -0.39 is 11.2 Å². The second-order valence-corrected chi connectivity index (χ2v) is 8.28. The molecule has 3 rings (SSSR count). The Kier molecular flexibility index (Phi) is 7.58. The number of carbonyl (C=O) groups excluding carboxylic acids is 2. The van der Waals surface area contributed by atoms with Gasteiger partial charge in [0.25, 0.3) is 0 Å². The van der Waals surface area contributed by atoms with Crippen molar-refractivity contribution in [2.24, 2.45) is 0 Å². The number of aromatic nitrogens is 1. The van der Waals surface area contributed by atoms with E-state index in [4.69, 9.17) is 5.11 Å². The number of carboxylic acid groups (broad SMARTS) is 1. The van der Waals surface area contributed by atoms with Crippen molar-refractivity contribution >= 4 is 51.7 Å². The SMILES string of the molecule is O=C(O)CCC(=O)Nc1cccc(SC(C(=O)Nc2nccs2)c2ccccc2)c1. The third-order valence-electron chi connectivity index (χ3n) is 3.94. The molecule has 3 aromatic rings. The summed E-state index contributed by atoms with van der Waals surface area (Å²) in [4.78, 5) is 40.4. The van der Waals surface area contributed by atoms with E-state index in [0.717, 1.165) is 10.5 Å². The van der Waals surface area contributed by atoms with Crippen LogP contribution in [-0.2, 0) is 14.4 Å². The van der Waals surface area contributed by atoms with Gasteiger partial charge < -0.3 is 15.7 Å². The minimum absolute atomic E-state index is 0.102. The molecule has 0 saturated carbocycles. The first-order chi connectivity index (χ1) is 14.5. The fourth-order valence-electron chi connectivity index (χ4n) is 2.58. The van der Waals surface area contributed by atoms with Crippen LogP contribution in [0.4, 0.5) is 10.8 Å². The van der Waals surface area contributed by atoms with Gasteiger partial charge in [0, 0.05) is 28.6 Å². The first-order valence-electron chi connectivity index (χ1n) is 9.05. The number of rotatable bonds is 9. The molecule has 7 nitrogen and oxygen atoms in total. The minimum atomic E-state index is -1.02. The Labute approximate surface area is 181 Å². The number of thiazole rings is 1. The lowest BCUT2D eigenvalue weighted by Crippen LogP contribution is -2.19. The van der Waals surface area contributed by atoms with E-state index in [9.17, 15) is 14.4 Å². The van der Waals surface area contributed by atoms with Crippen LogP contribution in [0.15, 0.2) is 71.1 Å². The van der Waals surface area contributed by atoms with Crippen LogP contribution < -0.4 is 10.6 Å². The summed E-state index contributed by atoms with van der Waals surface area (Å²) in [6.45, 7) is 0. The average Bonchev–Trinajstić information content (AvgIpc) is 3.24. The number of benzene rings is 2. The van der Waals surface area contributed by atoms with Crippen molar-refractivity contribution in [1.29, 1.82) is 0 Å². The molecule has 30 heavy (non-hydrogen) atoms. The molecule has 0 bridgehead atoms. The Morgan fingerprint density at radius 2 is 1.83 bits per heavy atom. The highest BCUT2D eigenvalue weighted by Gasteiger charge is 2.23. The van der Waals surface area contributed by atoms with Gasteiger partial charge in [-0.1, -0.05) is 36.4 Å². The van der Waals surface area contributed by atoms with E-state index in [2.05, 4.69) is 15.6 Å². The normalized spacial score (nSPS) is 11.5. The van der Waals surface area contributed by atoms with Crippen molar-refractivity contribution in [1.82, 2.24) is 4.98 Å². The topological polar surface area (TPSA) is 108 Å².